The van der Waals surface area contributed by atoms with Crippen LogP contribution in [0.2, 0.25) is 0 Å². The van der Waals surface area contributed by atoms with Gasteiger partial charge in [-0.2, -0.15) is 0 Å². The third-order valence-corrected chi connectivity index (χ3v) is 3.50. The van der Waals surface area contributed by atoms with E-state index in [9.17, 15) is 4.79 Å². The zero-order valence-electron chi connectivity index (χ0n) is 9.41. The maximum absolute atomic E-state index is 11.9. The van der Waals surface area contributed by atoms with E-state index in [0.29, 0.717) is 18.4 Å². The van der Waals surface area contributed by atoms with Crippen LogP contribution in [0.1, 0.15) is 32.6 Å². The average Bonchev–Trinajstić information content (AvgIpc) is 3.07. The highest BCUT2D eigenvalue weighted by atomic mass is 16.3. The minimum atomic E-state index is 0.151. The number of rotatable bonds is 6. The van der Waals surface area contributed by atoms with Crippen LogP contribution in [0.4, 0.5) is 0 Å². The Morgan fingerprint density at radius 3 is 2.27 bits per heavy atom. The molecule has 0 saturated heterocycles. The van der Waals surface area contributed by atoms with E-state index in [4.69, 9.17) is 5.11 Å². The fourth-order valence-electron chi connectivity index (χ4n) is 2.18. The predicted octanol–water partition coefficient (Wildman–Crippen LogP) is 1.17. The van der Waals surface area contributed by atoms with Crippen molar-refractivity contribution in [1.82, 2.24) is 5.32 Å². The van der Waals surface area contributed by atoms with E-state index in [1.165, 1.54) is 25.7 Å². The Balaban J connectivity index is 1.77. The highest BCUT2D eigenvalue weighted by Gasteiger charge is 2.45. The minimum Gasteiger partial charge on any atom is -0.396 e. The molecule has 2 fully saturated rings. The molecule has 86 valence electrons. The maximum atomic E-state index is 11.9. The largest absolute Gasteiger partial charge is 0.396 e. The molecular formula is C12H21NO2. The van der Waals surface area contributed by atoms with Gasteiger partial charge in [0.05, 0.1) is 0 Å². The Labute approximate surface area is 91.2 Å². The highest BCUT2D eigenvalue weighted by molar-refractivity contribution is 5.80. The van der Waals surface area contributed by atoms with E-state index < -0.39 is 0 Å². The molecule has 2 saturated carbocycles. The molecule has 3 heteroatoms. The lowest BCUT2D eigenvalue weighted by atomic mass is 9.97. The van der Waals surface area contributed by atoms with Gasteiger partial charge < -0.3 is 10.4 Å². The van der Waals surface area contributed by atoms with Crippen molar-refractivity contribution in [3.05, 3.63) is 0 Å². The van der Waals surface area contributed by atoms with Crippen molar-refractivity contribution in [2.45, 2.75) is 32.6 Å². The van der Waals surface area contributed by atoms with Gasteiger partial charge in [-0.3, -0.25) is 4.79 Å². The molecule has 0 aliphatic heterocycles. The highest BCUT2D eigenvalue weighted by Crippen LogP contribution is 2.49. The summed E-state index contributed by atoms with van der Waals surface area (Å²) in [7, 11) is 0. The van der Waals surface area contributed by atoms with Crippen LogP contribution >= 0.6 is 0 Å². The molecule has 0 aromatic heterocycles. The summed E-state index contributed by atoms with van der Waals surface area (Å²) in [6.45, 7) is 2.71. The van der Waals surface area contributed by atoms with Crippen molar-refractivity contribution in [2.24, 2.45) is 23.7 Å². The van der Waals surface area contributed by atoms with Gasteiger partial charge in [0.1, 0.15) is 0 Å². The predicted molar refractivity (Wildman–Crippen MR) is 58.2 cm³/mol. The first-order valence-electron chi connectivity index (χ1n) is 6.11. The van der Waals surface area contributed by atoms with Gasteiger partial charge in [-0.25, -0.2) is 0 Å². The normalized spacial score (nSPS) is 22.9. The van der Waals surface area contributed by atoms with Crippen molar-refractivity contribution in [3.8, 4) is 0 Å². The molecule has 0 spiro atoms. The lowest BCUT2D eigenvalue weighted by Crippen LogP contribution is -2.36. The van der Waals surface area contributed by atoms with Gasteiger partial charge in [0.15, 0.2) is 0 Å². The molecular weight excluding hydrogens is 190 g/mol. The van der Waals surface area contributed by atoms with Crippen LogP contribution in [0.5, 0.6) is 0 Å². The summed E-state index contributed by atoms with van der Waals surface area (Å²) >= 11 is 0. The zero-order valence-corrected chi connectivity index (χ0v) is 9.41. The molecule has 0 aromatic carbocycles. The quantitative estimate of drug-likeness (QED) is 0.693. The van der Waals surface area contributed by atoms with E-state index in [1.807, 2.05) is 6.92 Å². The molecule has 3 nitrogen and oxygen atoms in total. The first-order chi connectivity index (χ1) is 7.22. The van der Waals surface area contributed by atoms with Gasteiger partial charge in [0.2, 0.25) is 5.91 Å². The number of carbonyl (C=O) groups excluding carboxylic acids is 1. The summed E-state index contributed by atoms with van der Waals surface area (Å²) in [5.41, 5.74) is 0. The maximum Gasteiger partial charge on any atom is 0.223 e. The number of aliphatic hydroxyl groups excluding tert-OH is 1. The van der Waals surface area contributed by atoms with E-state index in [-0.39, 0.29) is 24.3 Å². The second-order valence-corrected chi connectivity index (χ2v) is 5.23. The van der Waals surface area contributed by atoms with Gasteiger partial charge in [-0.1, -0.05) is 6.92 Å². The van der Waals surface area contributed by atoms with Crippen molar-refractivity contribution < 1.29 is 9.90 Å². The zero-order chi connectivity index (χ0) is 10.8. The standard InChI is InChI=1S/C12H21NO2/c1-8(7-14)6-13-12(15)11(9-2-3-9)10-4-5-10/h8-11,14H,2-7H2,1H3,(H,13,15). The van der Waals surface area contributed by atoms with E-state index in [0.717, 1.165) is 0 Å². The first kappa shape index (κ1) is 10.9. The van der Waals surface area contributed by atoms with Gasteiger partial charge in [0.25, 0.3) is 0 Å². The second kappa shape index (κ2) is 4.52. The number of carbonyl (C=O) groups is 1. The van der Waals surface area contributed by atoms with Gasteiger partial charge in [0, 0.05) is 19.1 Å². The molecule has 1 unspecified atom stereocenters. The number of hydrogen-bond acceptors (Lipinski definition) is 2. The van der Waals surface area contributed by atoms with Crippen LogP contribution in [-0.4, -0.2) is 24.2 Å². The molecule has 1 atom stereocenters. The SMILES string of the molecule is CC(CO)CNC(=O)C(C1CC1)C1CC1. The van der Waals surface area contributed by atoms with Crippen LogP contribution < -0.4 is 5.32 Å². The van der Waals surface area contributed by atoms with Crippen molar-refractivity contribution >= 4 is 5.91 Å². The summed E-state index contributed by atoms with van der Waals surface area (Å²) in [4.78, 5) is 11.9. The van der Waals surface area contributed by atoms with Crippen LogP contribution in [0.25, 0.3) is 0 Å². The van der Waals surface area contributed by atoms with Crippen molar-refractivity contribution in [3.63, 3.8) is 0 Å². The van der Waals surface area contributed by atoms with Crippen molar-refractivity contribution in [1.29, 1.82) is 0 Å². The molecule has 2 aliphatic rings. The van der Waals surface area contributed by atoms with Gasteiger partial charge in [-0.15, -0.1) is 0 Å². The summed E-state index contributed by atoms with van der Waals surface area (Å²) in [6, 6.07) is 0. The number of hydrogen-bond donors (Lipinski definition) is 2. The van der Waals surface area contributed by atoms with Crippen LogP contribution in [-0.2, 0) is 4.79 Å². The number of amides is 1. The smallest absolute Gasteiger partial charge is 0.223 e. The van der Waals surface area contributed by atoms with Gasteiger partial charge >= 0.3 is 0 Å². The minimum absolute atomic E-state index is 0.151. The topological polar surface area (TPSA) is 49.3 Å². The summed E-state index contributed by atoms with van der Waals surface area (Å²) in [5, 5.41) is 11.9. The monoisotopic (exact) mass is 211 g/mol. The third kappa shape index (κ3) is 2.94. The molecule has 1 amide bonds. The van der Waals surface area contributed by atoms with Crippen LogP contribution in [0.15, 0.2) is 0 Å². The first-order valence-corrected chi connectivity index (χ1v) is 6.11. The van der Waals surface area contributed by atoms with E-state index in [1.54, 1.807) is 0 Å². The average molecular weight is 211 g/mol. The molecule has 2 rings (SSSR count). The summed E-state index contributed by atoms with van der Waals surface area (Å²) in [6.07, 6.45) is 4.96. The van der Waals surface area contributed by atoms with Crippen molar-refractivity contribution in [2.75, 3.05) is 13.2 Å². The molecule has 0 aromatic rings. The molecule has 0 bridgehead atoms. The number of nitrogens with one attached hydrogen (secondary N) is 1. The second-order valence-electron chi connectivity index (χ2n) is 5.23. The number of aliphatic hydroxyl groups is 1. The third-order valence-electron chi connectivity index (χ3n) is 3.50. The summed E-state index contributed by atoms with van der Waals surface area (Å²) < 4.78 is 0. The molecule has 0 heterocycles. The Morgan fingerprint density at radius 2 is 1.87 bits per heavy atom. The lowest BCUT2D eigenvalue weighted by molar-refractivity contribution is -0.126. The fourth-order valence-corrected chi connectivity index (χ4v) is 2.18. The lowest BCUT2D eigenvalue weighted by Gasteiger charge is -2.17. The van der Waals surface area contributed by atoms with E-state index >= 15 is 0 Å². The van der Waals surface area contributed by atoms with Gasteiger partial charge in [-0.05, 0) is 43.4 Å². The Morgan fingerprint density at radius 1 is 1.33 bits per heavy atom. The Hall–Kier alpha value is -0.570. The summed E-state index contributed by atoms with van der Waals surface area (Å²) in [5.74, 6) is 2.04. The molecule has 15 heavy (non-hydrogen) atoms. The van der Waals surface area contributed by atoms with Crippen LogP contribution in [0, 0.1) is 23.7 Å². The molecule has 2 aliphatic carbocycles. The molecule has 2 N–H and O–H groups in total. The molecule has 0 radical (unpaired) electrons. The van der Waals surface area contributed by atoms with E-state index in [2.05, 4.69) is 5.32 Å². The Kier molecular flexibility index (Phi) is 3.29. The fraction of sp³-hybridized carbons (Fsp3) is 0.917. The van der Waals surface area contributed by atoms with Crippen LogP contribution in [0.3, 0.4) is 0 Å². The Bertz CT molecular complexity index is 222.